The Labute approximate surface area is 145 Å². The largest absolute Gasteiger partial charge is 0.441 e. The Hall–Kier alpha value is -1.62. The fraction of sp³-hybridized carbons (Fsp3) is 0.444. The predicted molar refractivity (Wildman–Crippen MR) is 92.9 cm³/mol. The Morgan fingerprint density at radius 3 is 2.70 bits per heavy atom. The van der Waals surface area contributed by atoms with Gasteiger partial charge in [0.05, 0.1) is 6.20 Å². The van der Waals surface area contributed by atoms with Crippen molar-refractivity contribution in [2.24, 2.45) is 5.92 Å². The highest BCUT2D eigenvalue weighted by molar-refractivity contribution is 9.10. The van der Waals surface area contributed by atoms with Gasteiger partial charge in [0.1, 0.15) is 0 Å². The van der Waals surface area contributed by atoms with Crippen LogP contribution in [0.3, 0.4) is 0 Å². The zero-order valence-corrected chi connectivity index (χ0v) is 14.9. The number of oxazole rings is 1. The smallest absolute Gasteiger partial charge is 0.223 e. The quantitative estimate of drug-likeness (QED) is 0.798. The van der Waals surface area contributed by atoms with E-state index in [1.165, 1.54) is 0 Å². The lowest BCUT2D eigenvalue weighted by molar-refractivity contribution is -0.132. The third kappa shape index (κ3) is 4.22. The van der Waals surface area contributed by atoms with Crippen molar-refractivity contribution in [3.63, 3.8) is 0 Å². The van der Waals surface area contributed by atoms with Gasteiger partial charge in [0.2, 0.25) is 5.91 Å². The average Bonchev–Trinajstić information content (AvgIpc) is 3.03. The Kier molecular flexibility index (Phi) is 5.16. The van der Waals surface area contributed by atoms with Crippen LogP contribution in [0.2, 0.25) is 0 Å². The second-order valence-corrected chi connectivity index (χ2v) is 7.10. The highest BCUT2D eigenvalue weighted by Crippen LogP contribution is 2.23. The number of aromatic nitrogens is 1. The third-order valence-corrected chi connectivity index (χ3v) is 4.90. The van der Waals surface area contributed by atoms with Crippen molar-refractivity contribution in [3.05, 3.63) is 40.8 Å². The molecule has 0 aliphatic carbocycles. The van der Waals surface area contributed by atoms with Gasteiger partial charge in [0.25, 0.3) is 0 Å². The van der Waals surface area contributed by atoms with Crippen LogP contribution in [-0.4, -0.2) is 28.9 Å². The molecule has 0 saturated carbocycles. The summed E-state index contributed by atoms with van der Waals surface area (Å²) >= 11 is 3.42. The Morgan fingerprint density at radius 1 is 1.30 bits per heavy atom. The summed E-state index contributed by atoms with van der Waals surface area (Å²) in [6.07, 6.45) is 4.97. The first-order valence-electron chi connectivity index (χ1n) is 8.10. The number of carbonyl (C=O) groups excluding carboxylic acids is 1. The highest BCUT2D eigenvalue weighted by Gasteiger charge is 2.20. The summed E-state index contributed by atoms with van der Waals surface area (Å²) < 4.78 is 6.80. The third-order valence-electron chi connectivity index (χ3n) is 4.37. The zero-order valence-electron chi connectivity index (χ0n) is 13.3. The van der Waals surface area contributed by atoms with Crippen molar-refractivity contribution in [2.45, 2.75) is 32.6 Å². The number of halogens is 1. The van der Waals surface area contributed by atoms with Crippen molar-refractivity contribution < 1.29 is 9.21 Å². The number of carbonyl (C=O) groups is 1. The van der Waals surface area contributed by atoms with Crippen LogP contribution < -0.4 is 0 Å². The molecule has 3 rings (SSSR count). The minimum Gasteiger partial charge on any atom is -0.441 e. The summed E-state index contributed by atoms with van der Waals surface area (Å²) in [5.41, 5.74) is 0.989. The molecule has 23 heavy (non-hydrogen) atoms. The van der Waals surface area contributed by atoms with E-state index in [0.29, 0.717) is 18.7 Å². The number of hydrogen-bond donors (Lipinski definition) is 0. The summed E-state index contributed by atoms with van der Waals surface area (Å²) in [5, 5.41) is 0. The monoisotopic (exact) mass is 376 g/mol. The van der Waals surface area contributed by atoms with Gasteiger partial charge in [-0.15, -0.1) is 0 Å². The van der Waals surface area contributed by atoms with Crippen LogP contribution in [0.5, 0.6) is 0 Å². The molecule has 2 heterocycles. The molecule has 5 heteroatoms. The first kappa shape index (κ1) is 16.2. The molecule has 1 fully saturated rings. The van der Waals surface area contributed by atoms with E-state index in [2.05, 4.69) is 27.8 Å². The van der Waals surface area contributed by atoms with Crippen molar-refractivity contribution in [3.8, 4) is 11.3 Å². The Balaban J connectivity index is 1.55. The van der Waals surface area contributed by atoms with Gasteiger partial charge in [-0.2, -0.15) is 0 Å². The number of nitrogens with zero attached hydrogens (tertiary/aromatic N) is 2. The van der Waals surface area contributed by atoms with Gasteiger partial charge in [-0.3, -0.25) is 4.79 Å². The number of amides is 1. The van der Waals surface area contributed by atoms with Gasteiger partial charge in [-0.1, -0.05) is 35.0 Å². The molecule has 0 unspecified atom stereocenters. The minimum atomic E-state index is 0.209. The van der Waals surface area contributed by atoms with Crippen molar-refractivity contribution in [1.82, 2.24) is 9.88 Å². The number of aryl methyl sites for hydroxylation is 1. The SMILES string of the molecule is CC1CCN(C(=O)CCc2ncc(-c3ccc(Br)cc3)o2)CC1. The maximum Gasteiger partial charge on any atom is 0.223 e. The summed E-state index contributed by atoms with van der Waals surface area (Å²) in [6, 6.07) is 7.90. The van der Waals surface area contributed by atoms with Crippen LogP contribution in [-0.2, 0) is 11.2 Å². The number of hydrogen-bond acceptors (Lipinski definition) is 3. The van der Waals surface area contributed by atoms with Crippen LogP contribution >= 0.6 is 15.9 Å². The molecule has 1 aliphatic heterocycles. The van der Waals surface area contributed by atoms with Gasteiger partial charge < -0.3 is 9.32 Å². The maximum atomic E-state index is 12.2. The molecule has 1 aromatic carbocycles. The lowest BCUT2D eigenvalue weighted by Gasteiger charge is -2.30. The maximum absolute atomic E-state index is 12.2. The van der Waals surface area contributed by atoms with Crippen LogP contribution in [0.25, 0.3) is 11.3 Å². The fourth-order valence-electron chi connectivity index (χ4n) is 2.80. The first-order chi connectivity index (χ1) is 11.1. The molecule has 0 N–H and O–H groups in total. The normalized spacial score (nSPS) is 15.8. The van der Waals surface area contributed by atoms with E-state index >= 15 is 0 Å². The molecular formula is C18H21BrN2O2. The molecule has 1 saturated heterocycles. The summed E-state index contributed by atoms with van der Waals surface area (Å²) in [4.78, 5) is 18.5. The van der Waals surface area contributed by atoms with E-state index in [1.807, 2.05) is 29.2 Å². The topological polar surface area (TPSA) is 46.3 Å². The van der Waals surface area contributed by atoms with Crippen LogP contribution in [0.15, 0.2) is 39.4 Å². The molecule has 2 aromatic rings. The Bertz CT molecular complexity index is 658. The van der Waals surface area contributed by atoms with E-state index in [9.17, 15) is 4.79 Å². The van der Waals surface area contributed by atoms with Crippen molar-refractivity contribution in [2.75, 3.05) is 13.1 Å². The molecule has 1 aromatic heterocycles. The van der Waals surface area contributed by atoms with Gasteiger partial charge in [0, 0.05) is 36.0 Å². The van der Waals surface area contributed by atoms with Gasteiger partial charge in [-0.05, 0) is 30.9 Å². The molecule has 4 nitrogen and oxygen atoms in total. The summed E-state index contributed by atoms with van der Waals surface area (Å²) in [7, 11) is 0. The average molecular weight is 377 g/mol. The lowest BCUT2D eigenvalue weighted by atomic mass is 9.99. The zero-order chi connectivity index (χ0) is 16.2. The lowest BCUT2D eigenvalue weighted by Crippen LogP contribution is -2.38. The van der Waals surface area contributed by atoms with Crippen LogP contribution in [0.4, 0.5) is 0 Å². The van der Waals surface area contributed by atoms with E-state index < -0.39 is 0 Å². The second-order valence-electron chi connectivity index (χ2n) is 6.19. The predicted octanol–water partition coefficient (Wildman–Crippen LogP) is 4.30. The van der Waals surface area contributed by atoms with E-state index in [-0.39, 0.29) is 5.91 Å². The van der Waals surface area contributed by atoms with Crippen molar-refractivity contribution >= 4 is 21.8 Å². The summed E-state index contributed by atoms with van der Waals surface area (Å²) in [6.45, 7) is 4.02. The van der Waals surface area contributed by atoms with E-state index in [0.717, 1.165) is 47.6 Å². The highest BCUT2D eigenvalue weighted by atomic mass is 79.9. The van der Waals surface area contributed by atoms with Crippen molar-refractivity contribution in [1.29, 1.82) is 0 Å². The molecule has 1 amide bonds. The molecule has 0 radical (unpaired) electrons. The van der Waals surface area contributed by atoms with E-state index in [1.54, 1.807) is 6.20 Å². The van der Waals surface area contributed by atoms with Crippen LogP contribution in [0.1, 0.15) is 32.1 Å². The first-order valence-corrected chi connectivity index (χ1v) is 8.89. The van der Waals surface area contributed by atoms with Gasteiger partial charge in [-0.25, -0.2) is 4.98 Å². The molecule has 122 valence electrons. The number of benzene rings is 1. The van der Waals surface area contributed by atoms with Gasteiger partial charge >= 0.3 is 0 Å². The molecule has 1 aliphatic rings. The summed E-state index contributed by atoms with van der Waals surface area (Å²) in [5.74, 6) is 2.31. The molecule has 0 bridgehead atoms. The van der Waals surface area contributed by atoms with Gasteiger partial charge in [0.15, 0.2) is 11.7 Å². The number of piperidine rings is 1. The molecule has 0 atom stereocenters. The fourth-order valence-corrected chi connectivity index (χ4v) is 3.07. The second kappa shape index (κ2) is 7.30. The standard InChI is InChI=1S/C18H21BrN2O2/c1-13-8-10-21(11-9-13)18(22)7-6-17-20-12-16(23-17)14-2-4-15(19)5-3-14/h2-5,12-13H,6-11H2,1H3. The van der Waals surface area contributed by atoms with Crippen LogP contribution in [0, 0.1) is 5.92 Å². The Morgan fingerprint density at radius 2 is 2.00 bits per heavy atom. The molecule has 0 spiro atoms. The number of likely N-dealkylation sites (tertiary alicyclic amines) is 1. The van der Waals surface area contributed by atoms with E-state index in [4.69, 9.17) is 4.42 Å². The minimum absolute atomic E-state index is 0.209. The number of rotatable bonds is 4. The molecular weight excluding hydrogens is 356 g/mol.